The first kappa shape index (κ1) is 13.5. The Balaban J connectivity index is 2.34. The van der Waals surface area contributed by atoms with Gasteiger partial charge in [-0.1, -0.05) is 0 Å². The van der Waals surface area contributed by atoms with Crippen LogP contribution in [0.3, 0.4) is 0 Å². The van der Waals surface area contributed by atoms with Crippen molar-refractivity contribution in [2.75, 3.05) is 18.6 Å². The third-order valence-electron chi connectivity index (χ3n) is 3.93. The molecule has 1 fully saturated rings. The predicted molar refractivity (Wildman–Crippen MR) is 78.0 cm³/mol. The molecule has 0 aliphatic carbocycles. The third kappa shape index (κ3) is 1.94. The first-order valence-electron chi connectivity index (χ1n) is 6.74. The number of rotatable bonds is 3. The van der Waals surface area contributed by atoms with E-state index in [-0.39, 0.29) is 11.6 Å². The van der Waals surface area contributed by atoms with Gasteiger partial charge >= 0.3 is 5.97 Å². The summed E-state index contributed by atoms with van der Waals surface area (Å²) in [6, 6.07) is 5.37. The number of methoxy groups -OCH3 is 1. The molecule has 2 aromatic rings. The summed E-state index contributed by atoms with van der Waals surface area (Å²) < 4.78 is 6.83. The topological polar surface area (TPSA) is 71.8 Å². The van der Waals surface area contributed by atoms with Gasteiger partial charge in [-0.3, -0.25) is 4.79 Å². The molecule has 1 N–H and O–H groups in total. The second-order valence-electron chi connectivity index (χ2n) is 5.09. The Morgan fingerprint density at radius 1 is 1.38 bits per heavy atom. The summed E-state index contributed by atoms with van der Waals surface area (Å²) >= 11 is 0. The highest BCUT2D eigenvalue weighted by molar-refractivity contribution is 6.13. The van der Waals surface area contributed by atoms with Gasteiger partial charge in [-0.15, -0.1) is 0 Å². The Bertz CT molecular complexity index is 748. The summed E-state index contributed by atoms with van der Waals surface area (Å²) in [4.78, 5) is 25.3. The lowest BCUT2D eigenvalue weighted by molar-refractivity contribution is -0.117. The predicted octanol–water partition coefficient (Wildman–Crippen LogP) is 2.01. The number of amides is 1. The largest absolute Gasteiger partial charge is 0.497 e. The normalized spacial score (nSPS) is 15.0. The van der Waals surface area contributed by atoms with Crippen molar-refractivity contribution in [1.29, 1.82) is 0 Å². The molecule has 0 bridgehead atoms. The minimum absolute atomic E-state index is 0.0344. The van der Waals surface area contributed by atoms with Crippen LogP contribution in [0.2, 0.25) is 0 Å². The number of aryl methyl sites for hydroxylation is 1. The molecule has 1 amide bonds. The zero-order chi connectivity index (χ0) is 15.1. The van der Waals surface area contributed by atoms with E-state index in [1.165, 1.54) is 0 Å². The zero-order valence-corrected chi connectivity index (χ0v) is 11.9. The van der Waals surface area contributed by atoms with Gasteiger partial charge in [-0.25, -0.2) is 4.79 Å². The molecule has 0 atom stereocenters. The molecule has 0 radical (unpaired) electrons. The van der Waals surface area contributed by atoms with Gasteiger partial charge in [0.1, 0.15) is 5.75 Å². The van der Waals surface area contributed by atoms with Crippen LogP contribution < -0.4 is 9.64 Å². The van der Waals surface area contributed by atoms with Gasteiger partial charge in [0.15, 0.2) is 5.69 Å². The fourth-order valence-electron chi connectivity index (χ4n) is 2.93. The second-order valence-corrected chi connectivity index (χ2v) is 5.09. The molecule has 3 rings (SSSR count). The number of anilines is 1. The molecule has 110 valence electrons. The first-order valence-corrected chi connectivity index (χ1v) is 6.74. The highest BCUT2D eigenvalue weighted by atomic mass is 16.5. The number of aromatic nitrogens is 1. The number of fused-ring (bicyclic) bond motifs is 1. The molecular formula is C15H16N2O4. The van der Waals surface area contributed by atoms with Crippen molar-refractivity contribution >= 4 is 28.5 Å². The van der Waals surface area contributed by atoms with E-state index in [4.69, 9.17) is 4.74 Å². The summed E-state index contributed by atoms with van der Waals surface area (Å²) in [5, 5.41) is 10.3. The molecule has 1 aliphatic heterocycles. The number of nitrogens with zero attached hydrogens (tertiary/aromatic N) is 2. The van der Waals surface area contributed by atoms with E-state index in [9.17, 15) is 14.7 Å². The van der Waals surface area contributed by atoms with Crippen molar-refractivity contribution in [2.24, 2.45) is 7.05 Å². The molecular weight excluding hydrogens is 272 g/mol. The minimum Gasteiger partial charge on any atom is -0.497 e. The van der Waals surface area contributed by atoms with Crippen LogP contribution >= 0.6 is 0 Å². The summed E-state index contributed by atoms with van der Waals surface area (Å²) in [5.41, 5.74) is 1.37. The van der Waals surface area contributed by atoms with E-state index >= 15 is 0 Å². The van der Waals surface area contributed by atoms with E-state index < -0.39 is 5.97 Å². The van der Waals surface area contributed by atoms with Crippen LogP contribution in [0.15, 0.2) is 18.2 Å². The number of carbonyl (C=O) groups is 2. The molecule has 2 heterocycles. The molecule has 1 aromatic carbocycles. The Morgan fingerprint density at radius 2 is 2.14 bits per heavy atom. The maximum absolute atomic E-state index is 12.0. The van der Waals surface area contributed by atoms with Gasteiger partial charge in [0.25, 0.3) is 0 Å². The number of aromatic carboxylic acids is 1. The van der Waals surface area contributed by atoms with Gasteiger partial charge in [-0.05, 0) is 24.6 Å². The molecule has 1 aromatic heterocycles. The van der Waals surface area contributed by atoms with Gasteiger partial charge in [-0.2, -0.15) is 0 Å². The van der Waals surface area contributed by atoms with Gasteiger partial charge in [0.2, 0.25) is 5.91 Å². The summed E-state index contributed by atoms with van der Waals surface area (Å²) in [6.45, 7) is 0.551. The van der Waals surface area contributed by atoms with Crippen molar-refractivity contribution < 1.29 is 19.4 Å². The molecule has 0 saturated carbocycles. The van der Waals surface area contributed by atoms with Crippen LogP contribution in [0.5, 0.6) is 5.75 Å². The van der Waals surface area contributed by atoms with Crippen LogP contribution in [0.4, 0.5) is 5.69 Å². The highest BCUT2D eigenvalue weighted by Gasteiger charge is 2.31. The maximum atomic E-state index is 12.0. The monoisotopic (exact) mass is 288 g/mol. The summed E-state index contributed by atoms with van der Waals surface area (Å²) in [7, 11) is 3.26. The molecule has 6 heteroatoms. The van der Waals surface area contributed by atoms with E-state index in [1.54, 1.807) is 35.8 Å². The Hall–Kier alpha value is -2.50. The average molecular weight is 288 g/mol. The number of carboxylic acids is 1. The van der Waals surface area contributed by atoms with Crippen molar-refractivity contribution in [3.05, 3.63) is 23.9 Å². The van der Waals surface area contributed by atoms with Gasteiger partial charge in [0.05, 0.1) is 18.3 Å². The smallest absolute Gasteiger partial charge is 0.354 e. The standard InChI is InChI=1S/C15H16N2O4/c1-16-11-6-5-9(21-2)8-10(11)13(14(16)15(19)20)17-7-3-4-12(17)18/h5-6,8H,3-4,7H2,1-2H3,(H,19,20). The molecule has 6 nitrogen and oxygen atoms in total. The van der Waals surface area contributed by atoms with Crippen LogP contribution in [0.25, 0.3) is 10.9 Å². The van der Waals surface area contributed by atoms with Gasteiger partial charge in [0, 0.05) is 25.4 Å². The van der Waals surface area contributed by atoms with Crippen LogP contribution in [0.1, 0.15) is 23.3 Å². The molecule has 1 aliphatic rings. The average Bonchev–Trinajstić information content (AvgIpc) is 3.00. The van der Waals surface area contributed by atoms with Crippen LogP contribution in [-0.2, 0) is 11.8 Å². The van der Waals surface area contributed by atoms with Crippen molar-refractivity contribution in [3.63, 3.8) is 0 Å². The lowest BCUT2D eigenvalue weighted by atomic mass is 10.2. The van der Waals surface area contributed by atoms with Crippen LogP contribution in [-0.4, -0.2) is 35.2 Å². The summed E-state index contributed by atoms with van der Waals surface area (Å²) in [5.74, 6) is -0.437. The number of hydrogen-bond acceptors (Lipinski definition) is 3. The zero-order valence-electron chi connectivity index (χ0n) is 11.9. The molecule has 0 spiro atoms. The maximum Gasteiger partial charge on any atom is 0.354 e. The second kappa shape index (κ2) is 4.80. The summed E-state index contributed by atoms with van der Waals surface area (Å²) in [6.07, 6.45) is 1.21. The van der Waals surface area contributed by atoms with E-state index in [2.05, 4.69) is 0 Å². The Labute approximate surface area is 121 Å². The Kier molecular flexibility index (Phi) is 3.08. The molecule has 21 heavy (non-hydrogen) atoms. The number of hydrogen-bond donors (Lipinski definition) is 1. The van der Waals surface area contributed by atoms with Crippen molar-refractivity contribution in [2.45, 2.75) is 12.8 Å². The SMILES string of the molecule is COc1ccc2c(c1)c(N1CCCC1=O)c(C(=O)O)n2C. The Morgan fingerprint density at radius 3 is 2.71 bits per heavy atom. The lowest BCUT2D eigenvalue weighted by Crippen LogP contribution is -2.25. The molecule has 1 saturated heterocycles. The van der Waals surface area contributed by atoms with Crippen molar-refractivity contribution in [1.82, 2.24) is 4.57 Å². The quantitative estimate of drug-likeness (QED) is 0.937. The fourth-order valence-corrected chi connectivity index (χ4v) is 2.93. The fraction of sp³-hybridized carbons (Fsp3) is 0.333. The van der Waals surface area contributed by atoms with E-state index in [0.29, 0.717) is 24.4 Å². The lowest BCUT2D eigenvalue weighted by Gasteiger charge is -2.16. The third-order valence-corrected chi connectivity index (χ3v) is 3.93. The first-order chi connectivity index (χ1) is 10.0. The number of carbonyl (C=O) groups excluding carboxylic acids is 1. The highest BCUT2D eigenvalue weighted by Crippen LogP contribution is 2.37. The van der Waals surface area contributed by atoms with Crippen molar-refractivity contribution in [3.8, 4) is 5.75 Å². The number of benzene rings is 1. The van der Waals surface area contributed by atoms with E-state index in [0.717, 1.165) is 17.3 Å². The number of carboxylic acid groups (broad SMARTS) is 1. The van der Waals surface area contributed by atoms with Crippen LogP contribution in [0, 0.1) is 0 Å². The minimum atomic E-state index is -1.04. The number of ether oxygens (including phenoxy) is 1. The van der Waals surface area contributed by atoms with Gasteiger partial charge < -0.3 is 19.3 Å². The van der Waals surface area contributed by atoms with E-state index in [1.807, 2.05) is 6.07 Å². The molecule has 0 unspecified atom stereocenters.